The second-order valence-electron chi connectivity index (χ2n) is 10.2. The summed E-state index contributed by atoms with van der Waals surface area (Å²) in [5, 5.41) is 6.63. The topological polar surface area (TPSA) is 102 Å². The number of nitrogens with zero attached hydrogens (tertiary/aromatic N) is 4. The number of aromatic nitrogens is 3. The predicted octanol–water partition coefficient (Wildman–Crippen LogP) is 4.41. The molecule has 0 saturated heterocycles. The number of pyridine rings is 1. The van der Waals surface area contributed by atoms with Gasteiger partial charge in [0.2, 0.25) is 5.95 Å². The number of aryl methyl sites for hydroxylation is 3. The van der Waals surface area contributed by atoms with Crippen LogP contribution in [0.25, 0.3) is 0 Å². The number of carbonyl (C=O) groups excluding carboxylic acids is 1. The van der Waals surface area contributed by atoms with E-state index in [4.69, 9.17) is 14.5 Å². The quantitative estimate of drug-likeness (QED) is 0.229. The molecule has 38 heavy (non-hydrogen) atoms. The minimum absolute atomic E-state index is 0.103. The van der Waals surface area contributed by atoms with E-state index < -0.39 is 6.04 Å². The number of hydrogen-bond acceptors (Lipinski definition) is 9. The number of carbonyl (C=O) groups is 1. The van der Waals surface area contributed by atoms with Crippen molar-refractivity contribution in [3.8, 4) is 0 Å². The van der Waals surface area contributed by atoms with Crippen LogP contribution in [-0.2, 0) is 27.1 Å². The van der Waals surface area contributed by atoms with Crippen molar-refractivity contribution >= 4 is 17.7 Å². The molecule has 2 N–H and O–H groups in total. The normalized spacial score (nSPS) is 14.4. The summed E-state index contributed by atoms with van der Waals surface area (Å²) in [5.74, 6) is 1.25. The number of unbranched alkanes of at least 4 members (excludes halogenated alkanes) is 2. The minimum atomic E-state index is -0.512. The standard InChI is InChI=1S/C29H46N6O3/c1-5-6-18-38-28(36)26(34-29-31-19-22(2)20-32-29)14-17-35(21-23(3)37-4)16-8-7-11-25-13-12-24-10-9-15-30-27(24)33-25/h12-13,19-20,23,26H,5-11,14-18,21H2,1-4H3,(H,30,33)(H,31,32,34). The fraction of sp³-hybridized carbons (Fsp3) is 0.655. The van der Waals surface area contributed by atoms with Crippen LogP contribution in [0.4, 0.5) is 11.8 Å². The monoisotopic (exact) mass is 526 g/mol. The van der Waals surface area contributed by atoms with Gasteiger partial charge in [-0.25, -0.2) is 19.7 Å². The van der Waals surface area contributed by atoms with E-state index in [0.29, 0.717) is 19.0 Å². The molecule has 2 unspecified atom stereocenters. The maximum atomic E-state index is 12.9. The Kier molecular flexibility index (Phi) is 12.7. The van der Waals surface area contributed by atoms with E-state index >= 15 is 0 Å². The van der Waals surface area contributed by atoms with Gasteiger partial charge in [0, 0.05) is 44.8 Å². The summed E-state index contributed by atoms with van der Waals surface area (Å²) in [7, 11) is 1.74. The molecule has 9 heteroatoms. The third kappa shape index (κ3) is 10.2. The maximum absolute atomic E-state index is 12.9. The highest BCUT2D eigenvalue weighted by Crippen LogP contribution is 2.20. The number of nitrogens with one attached hydrogen (secondary N) is 2. The molecular weight excluding hydrogens is 480 g/mol. The molecule has 1 aliphatic rings. The largest absolute Gasteiger partial charge is 0.464 e. The Hall–Kier alpha value is -2.78. The fourth-order valence-electron chi connectivity index (χ4n) is 4.48. The molecule has 0 amide bonds. The van der Waals surface area contributed by atoms with Crippen LogP contribution in [-0.4, -0.2) is 77.9 Å². The summed E-state index contributed by atoms with van der Waals surface area (Å²) < 4.78 is 11.1. The van der Waals surface area contributed by atoms with Crippen molar-refractivity contribution in [2.75, 3.05) is 50.5 Å². The lowest BCUT2D eigenvalue weighted by Crippen LogP contribution is -2.39. The first-order chi connectivity index (χ1) is 18.5. The molecule has 0 fully saturated rings. The lowest BCUT2D eigenvalue weighted by molar-refractivity contribution is -0.145. The zero-order chi connectivity index (χ0) is 27.2. The van der Waals surface area contributed by atoms with Gasteiger partial charge >= 0.3 is 5.97 Å². The third-order valence-corrected chi connectivity index (χ3v) is 6.87. The first-order valence-corrected chi connectivity index (χ1v) is 14.2. The minimum Gasteiger partial charge on any atom is -0.464 e. The lowest BCUT2D eigenvalue weighted by atomic mass is 10.1. The summed E-state index contributed by atoms with van der Waals surface area (Å²) in [4.78, 5) is 28.8. The summed E-state index contributed by atoms with van der Waals surface area (Å²) >= 11 is 0. The van der Waals surface area contributed by atoms with Gasteiger partial charge in [0.1, 0.15) is 11.9 Å². The van der Waals surface area contributed by atoms with Gasteiger partial charge < -0.3 is 25.0 Å². The summed E-state index contributed by atoms with van der Waals surface area (Å²) in [6.07, 6.45) is 11.4. The maximum Gasteiger partial charge on any atom is 0.328 e. The number of hydrogen-bond donors (Lipinski definition) is 2. The summed E-state index contributed by atoms with van der Waals surface area (Å²) in [6, 6.07) is 3.88. The third-order valence-electron chi connectivity index (χ3n) is 6.87. The number of rotatable bonds is 17. The smallest absolute Gasteiger partial charge is 0.328 e. The molecule has 2 aromatic rings. The van der Waals surface area contributed by atoms with Crippen molar-refractivity contribution in [3.05, 3.63) is 41.3 Å². The van der Waals surface area contributed by atoms with Gasteiger partial charge in [0.15, 0.2) is 0 Å². The summed E-state index contributed by atoms with van der Waals surface area (Å²) in [6.45, 7) is 10.00. The Labute approximate surface area is 228 Å². The molecule has 9 nitrogen and oxygen atoms in total. The van der Waals surface area contributed by atoms with Crippen molar-refractivity contribution < 1.29 is 14.3 Å². The highest BCUT2D eigenvalue weighted by molar-refractivity contribution is 5.78. The van der Waals surface area contributed by atoms with E-state index in [9.17, 15) is 4.79 Å². The molecule has 3 heterocycles. The Morgan fingerprint density at radius 3 is 2.76 bits per heavy atom. The van der Waals surface area contributed by atoms with Crippen molar-refractivity contribution in [2.24, 2.45) is 0 Å². The van der Waals surface area contributed by atoms with Crippen molar-refractivity contribution in [2.45, 2.75) is 84.3 Å². The van der Waals surface area contributed by atoms with Crippen LogP contribution in [0.15, 0.2) is 24.5 Å². The van der Waals surface area contributed by atoms with E-state index in [2.05, 4.69) is 51.5 Å². The molecular formula is C29H46N6O3. The van der Waals surface area contributed by atoms with Gasteiger partial charge in [-0.1, -0.05) is 19.4 Å². The molecule has 2 aromatic heterocycles. The van der Waals surface area contributed by atoms with Crippen LogP contribution in [0.3, 0.4) is 0 Å². The second-order valence-corrected chi connectivity index (χ2v) is 10.2. The van der Waals surface area contributed by atoms with Crippen LogP contribution in [0.1, 0.15) is 69.2 Å². The lowest BCUT2D eigenvalue weighted by Gasteiger charge is -2.27. The van der Waals surface area contributed by atoms with Gasteiger partial charge in [0.25, 0.3) is 0 Å². The average Bonchev–Trinajstić information content (AvgIpc) is 2.93. The van der Waals surface area contributed by atoms with Gasteiger partial charge in [-0.3, -0.25) is 0 Å². The van der Waals surface area contributed by atoms with Gasteiger partial charge in [-0.2, -0.15) is 0 Å². The number of fused-ring (bicyclic) bond motifs is 1. The van der Waals surface area contributed by atoms with E-state index in [1.165, 1.54) is 12.0 Å². The molecule has 1 aliphatic heterocycles. The van der Waals surface area contributed by atoms with Gasteiger partial charge in [-0.05, 0) is 82.5 Å². The van der Waals surface area contributed by atoms with Crippen LogP contribution in [0, 0.1) is 6.92 Å². The Balaban J connectivity index is 1.54. The van der Waals surface area contributed by atoms with Crippen LogP contribution in [0.2, 0.25) is 0 Å². The van der Waals surface area contributed by atoms with Crippen LogP contribution < -0.4 is 10.6 Å². The molecule has 0 aromatic carbocycles. The zero-order valence-corrected chi connectivity index (χ0v) is 23.7. The molecule has 210 valence electrons. The predicted molar refractivity (Wildman–Crippen MR) is 152 cm³/mol. The number of anilines is 2. The molecule has 3 rings (SSSR count). The Bertz CT molecular complexity index is 971. The highest BCUT2D eigenvalue weighted by Gasteiger charge is 2.23. The molecule has 0 spiro atoms. The fourth-order valence-corrected chi connectivity index (χ4v) is 4.48. The average molecular weight is 527 g/mol. The second kappa shape index (κ2) is 16.2. The number of esters is 1. The van der Waals surface area contributed by atoms with Crippen LogP contribution >= 0.6 is 0 Å². The van der Waals surface area contributed by atoms with E-state index in [0.717, 1.165) is 81.8 Å². The van der Waals surface area contributed by atoms with Gasteiger partial charge in [-0.15, -0.1) is 0 Å². The summed E-state index contributed by atoms with van der Waals surface area (Å²) in [5.41, 5.74) is 3.44. The van der Waals surface area contributed by atoms with Gasteiger partial charge in [0.05, 0.1) is 12.7 Å². The molecule has 0 bridgehead atoms. The molecule has 0 aliphatic carbocycles. The molecule has 2 atom stereocenters. The number of ether oxygens (including phenoxy) is 2. The first-order valence-electron chi connectivity index (χ1n) is 14.2. The Morgan fingerprint density at radius 1 is 1.18 bits per heavy atom. The van der Waals surface area contributed by atoms with Crippen molar-refractivity contribution in [3.63, 3.8) is 0 Å². The number of methoxy groups -OCH3 is 1. The van der Waals surface area contributed by atoms with E-state index in [1.807, 2.05) is 6.92 Å². The molecule has 0 radical (unpaired) electrons. The Morgan fingerprint density at radius 2 is 2.00 bits per heavy atom. The van der Waals surface area contributed by atoms with Crippen molar-refractivity contribution in [1.82, 2.24) is 19.9 Å². The zero-order valence-electron chi connectivity index (χ0n) is 23.7. The van der Waals surface area contributed by atoms with Crippen molar-refractivity contribution in [1.29, 1.82) is 0 Å². The molecule has 0 saturated carbocycles. The van der Waals surface area contributed by atoms with E-state index in [-0.39, 0.29) is 12.1 Å². The van der Waals surface area contributed by atoms with Crippen LogP contribution in [0.5, 0.6) is 0 Å². The SMILES string of the molecule is CCCCOC(=O)C(CCN(CCCCc1ccc2c(n1)NCCC2)CC(C)OC)Nc1ncc(C)cn1. The highest BCUT2D eigenvalue weighted by atomic mass is 16.5. The first kappa shape index (κ1) is 29.8. The van der Waals surface area contributed by atoms with E-state index in [1.54, 1.807) is 19.5 Å².